The second-order valence-electron chi connectivity index (χ2n) is 7.03. The molecular formula is C26H26O6. The van der Waals surface area contributed by atoms with E-state index in [2.05, 4.69) is 0 Å². The number of ether oxygens (including phenoxy) is 3. The maximum Gasteiger partial charge on any atom is 0.336 e. The van der Waals surface area contributed by atoms with E-state index in [0.717, 1.165) is 23.3 Å². The summed E-state index contributed by atoms with van der Waals surface area (Å²) in [5.41, 5.74) is 1.48. The fourth-order valence-electron chi connectivity index (χ4n) is 3.57. The van der Waals surface area contributed by atoms with E-state index in [-0.39, 0.29) is 22.7 Å². The predicted octanol–water partition coefficient (Wildman–Crippen LogP) is 5.22. The summed E-state index contributed by atoms with van der Waals surface area (Å²) in [6.07, 6.45) is 8.08. The lowest BCUT2D eigenvalue weighted by atomic mass is 9.99. The molecule has 0 fully saturated rings. The van der Waals surface area contributed by atoms with Crippen LogP contribution in [0, 0.1) is 0 Å². The van der Waals surface area contributed by atoms with Gasteiger partial charge in [0.2, 0.25) is 0 Å². The van der Waals surface area contributed by atoms with Gasteiger partial charge in [0, 0.05) is 17.7 Å². The normalized spacial score (nSPS) is 11.4. The van der Waals surface area contributed by atoms with Gasteiger partial charge in [-0.05, 0) is 24.1 Å². The van der Waals surface area contributed by atoms with Gasteiger partial charge in [-0.2, -0.15) is 0 Å². The Balaban J connectivity index is 2.07. The molecule has 0 atom stereocenters. The number of rotatable bonds is 9. The van der Waals surface area contributed by atoms with Crippen LogP contribution in [0.15, 0.2) is 63.8 Å². The lowest BCUT2D eigenvalue weighted by Crippen LogP contribution is -2.07. The molecule has 1 heterocycles. The fraction of sp³-hybridized carbons (Fsp3) is 0.231. The third-order valence-electron chi connectivity index (χ3n) is 5.00. The third-order valence-corrected chi connectivity index (χ3v) is 5.00. The number of ketones is 1. The van der Waals surface area contributed by atoms with Crippen molar-refractivity contribution in [1.82, 2.24) is 0 Å². The van der Waals surface area contributed by atoms with Crippen LogP contribution in [0.4, 0.5) is 0 Å². The summed E-state index contributed by atoms with van der Waals surface area (Å²) in [6, 6.07) is 10.7. The number of carbonyl (C=O) groups is 1. The van der Waals surface area contributed by atoms with Crippen LogP contribution in [0.2, 0.25) is 0 Å². The van der Waals surface area contributed by atoms with Crippen LogP contribution < -0.4 is 19.8 Å². The Hall–Kier alpha value is -3.80. The van der Waals surface area contributed by atoms with Crippen LogP contribution in [-0.4, -0.2) is 27.1 Å². The average Bonchev–Trinajstić information content (AvgIpc) is 2.80. The summed E-state index contributed by atoms with van der Waals surface area (Å²) in [5.74, 6) is 1.14. The van der Waals surface area contributed by atoms with Gasteiger partial charge in [0.1, 0.15) is 22.8 Å². The van der Waals surface area contributed by atoms with Crippen LogP contribution >= 0.6 is 0 Å². The molecule has 0 spiro atoms. The number of hydrogen-bond donors (Lipinski definition) is 0. The molecule has 3 rings (SSSR count). The van der Waals surface area contributed by atoms with Crippen LogP contribution in [0.5, 0.6) is 17.2 Å². The van der Waals surface area contributed by atoms with Gasteiger partial charge >= 0.3 is 5.63 Å². The highest BCUT2D eigenvalue weighted by Crippen LogP contribution is 2.38. The minimum absolute atomic E-state index is 0.167. The number of allylic oxidation sites excluding steroid dienone is 3. The maximum absolute atomic E-state index is 13.1. The predicted molar refractivity (Wildman–Crippen MR) is 125 cm³/mol. The van der Waals surface area contributed by atoms with Gasteiger partial charge in [-0.25, -0.2) is 4.79 Å². The monoisotopic (exact) mass is 434 g/mol. The van der Waals surface area contributed by atoms with Crippen LogP contribution in [0.25, 0.3) is 17.0 Å². The van der Waals surface area contributed by atoms with E-state index >= 15 is 0 Å². The van der Waals surface area contributed by atoms with Crippen molar-refractivity contribution in [3.63, 3.8) is 0 Å². The molecule has 3 aromatic rings. The Kier molecular flexibility index (Phi) is 7.49. The zero-order valence-electron chi connectivity index (χ0n) is 18.6. The number of para-hydroxylation sites is 1. The first-order valence-corrected chi connectivity index (χ1v) is 10.3. The van der Waals surface area contributed by atoms with E-state index in [9.17, 15) is 9.59 Å². The first-order chi connectivity index (χ1) is 15.5. The third kappa shape index (κ3) is 4.75. The molecule has 0 aliphatic carbocycles. The molecule has 0 bridgehead atoms. The molecule has 0 N–H and O–H groups in total. The number of fused-ring (bicyclic) bond motifs is 1. The van der Waals surface area contributed by atoms with E-state index in [4.69, 9.17) is 18.6 Å². The SMILES string of the molecule is CCCc1cc(=O)oc2c(C(=O)/C=C/C=C/c3ccccc3OC)c(OC)cc(OC)c12. The summed E-state index contributed by atoms with van der Waals surface area (Å²) < 4.78 is 21.7. The van der Waals surface area contributed by atoms with Crippen molar-refractivity contribution < 1.29 is 23.4 Å². The van der Waals surface area contributed by atoms with E-state index in [1.165, 1.54) is 26.4 Å². The Morgan fingerprint density at radius 3 is 2.38 bits per heavy atom. The number of methoxy groups -OCH3 is 3. The van der Waals surface area contributed by atoms with Crippen molar-refractivity contribution in [2.75, 3.05) is 21.3 Å². The van der Waals surface area contributed by atoms with Gasteiger partial charge in [-0.1, -0.05) is 49.8 Å². The summed E-state index contributed by atoms with van der Waals surface area (Å²) >= 11 is 0. The van der Waals surface area contributed by atoms with Crippen molar-refractivity contribution in [2.45, 2.75) is 19.8 Å². The van der Waals surface area contributed by atoms with Crippen molar-refractivity contribution in [2.24, 2.45) is 0 Å². The molecular weight excluding hydrogens is 408 g/mol. The highest BCUT2D eigenvalue weighted by molar-refractivity contribution is 6.15. The molecule has 0 amide bonds. The minimum Gasteiger partial charge on any atom is -0.496 e. The van der Waals surface area contributed by atoms with Crippen LogP contribution in [0.3, 0.4) is 0 Å². The average molecular weight is 434 g/mol. The number of carbonyl (C=O) groups excluding carboxylic acids is 1. The van der Waals surface area contributed by atoms with Crippen molar-refractivity contribution >= 4 is 22.8 Å². The van der Waals surface area contributed by atoms with Crippen molar-refractivity contribution in [3.8, 4) is 17.2 Å². The molecule has 0 radical (unpaired) electrons. The van der Waals surface area contributed by atoms with E-state index in [1.54, 1.807) is 25.3 Å². The molecule has 6 nitrogen and oxygen atoms in total. The fourth-order valence-corrected chi connectivity index (χ4v) is 3.57. The van der Waals surface area contributed by atoms with E-state index in [0.29, 0.717) is 17.6 Å². The number of benzene rings is 2. The minimum atomic E-state index is -0.523. The van der Waals surface area contributed by atoms with E-state index in [1.807, 2.05) is 37.3 Å². The zero-order valence-corrected chi connectivity index (χ0v) is 18.6. The summed E-state index contributed by atoms with van der Waals surface area (Å²) in [5, 5.41) is 0.607. The van der Waals surface area contributed by atoms with Crippen LogP contribution in [-0.2, 0) is 6.42 Å². The summed E-state index contributed by atoms with van der Waals surface area (Å²) in [4.78, 5) is 25.4. The van der Waals surface area contributed by atoms with Crippen molar-refractivity contribution in [1.29, 1.82) is 0 Å². The standard InChI is InChI=1S/C26H26O6/c1-5-10-18-15-23(28)32-26-24(18)21(30-3)16-22(31-4)25(26)19(27)13-8-6-11-17-12-7-9-14-20(17)29-2/h6-9,11-16H,5,10H2,1-4H3/b11-6+,13-8+. The van der Waals surface area contributed by atoms with E-state index < -0.39 is 5.63 Å². The molecule has 0 aliphatic rings. The quantitative estimate of drug-likeness (QED) is 0.199. The van der Waals surface area contributed by atoms with Gasteiger partial charge < -0.3 is 18.6 Å². The maximum atomic E-state index is 13.1. The largest absolute Gasteiger partial charge is 0.496 e. The lowest BCUT2D eigenvalue weighted by molar-refractivity contribution is 0.104. The summed E-state index contributed by atoms with van der Waals surface area (Å²) in [7, 11) is 4.59. The topological polar surface area (TPSA) is 75.0 Å². The molecule has 0 aliphatic heterocycles. The van der Waals surface area contributed by atoms with Gasteiger partial charge in [0.25, 0.3) is 0 Å². The molecule has 166 valence electrons. The number of hydrogen-bond acceptors (Lipinski definition) is 6. The highest BCUT2D eigenvalue weighted by Gasteiger charge is 2.22. The smallest absolute Gasteiger partial charge is 0.336 e. The highest BCUT2D eigenvalue weighted by atomic mass is 16.5. The molecule has 0 unspecified atom stereocenters. The Morgan fingerprint density at radius 2 is 1.69 bits per heavy atom. The summed E-state index contributed by atoms with van der Waals surface area (Å²) in [6.45, 7) is 2.01. The second-order valence-corrected chi connectivity index (χ2v) is 7.03. The molecule has 0 saturated carbocycles. The van der Waals surface area contributed by atoms with Gasteiger partial charge in [-0.15, -0.1) is 0 Å². The molecule has 2 aromatic carbocycles. The van der Waals surface area contributed by atoms with Crippen molar-refractivity contribution in [3.05, 3.63) is 81.7 Å². The first kappa shape index (κ1) is 22.9. The number of aryl methyl sites for hydroxylation is 1. The second kappa shape index (κ2) is 10.5. The Bertz CT molecular complexity index is 1230. The Morgan fingerprint density at radius 1 is 0.969 bits per heavy atom. The Labute approximate surface area is 186 Å². The molecule has 32 heavy (non-hydrogen) atoms. The lowest BCUT2D eigenvalue weighted by Gasteiger charge is -2.14. The zero-order chi connectivity index (χ0) is 23.1. The van der Waals surface area contributed by atoms with Gasteiger partial charge in [0.15, 0.2) is 11.4 Å². The van der Waals surface area contributed by atoms with Gasteiger partial charge in [0.05, 0.1) is 26.7 Å². The molecule has 1 aromatic heterocycles. The van der Waals surface area contributed by atoms with Crippen LogP contribution in [0.1, 0.15) is 34.8 Å². The van der Waals surface area contributed by atoms with Gasteiger partial charge in [-0.3, -0.25) is 4.79 Å². The molecule has 0 saturated heterocycles. The molecule has 6 heteroatoms. The first-order valence-electron chi connectivity index (χ1n) is 10.3.